The van der Waals surface area contributed by atoms with Crippen LogP contribution in [0.4, 0.5) is 17.1 Å². The normalized spacial score (nSPS) is 11.1. The van der Waals surface area contributed by atoms with E-state index in [1.807, 2.05) is 0 Å². The van der Waals surface area contributed by atoms with Gasteiger partial charge in [-0.2, -0.15) is 0 Å². The summed E-state index contributed by atoms with van der Waals surface area (Å²) in [4.78, 5) is 2.34. The van der Waals surface area contributed by atoms with Crippen LogP contribution in [-0.2, 0) is 0 Å². The van der Waals surface area contributed by atoms with Crippen LogP contribution in [0.3, 0.4) is 0 Å². The minimum atomic E-state index is 1.12. The molecular weight excluding hydrogens is 542 g/mol. The summed E-state index contributed by atoms with van der Waals surface area (Å²) >= 11 is 0. The van der Waals surface area contributed by atoms with Gasteiger partial charge >= 0.3 is 0 Å². The Morgan fingerprint density at radius 3 is 1.58 bits per heavy atom. The Bertz CT molecular complexity index is 2240. The maximum absolute atomic E-state index is 2.35. The molecule has 0 unspecified atom stereocenters. The molecule has 0 spiro atoms. The molecule has 212 valence electrons. The second-order valence-electron chi connectivity index (χ2n) is 11.4. The second kappa shape index (κ2) is 11.6. The molecule has 0 aliphatic heterocycles. The molecule has 8 aromatic carbocycles. The fourth-order valence-corrected chi connectivity index (χ4v) is 6.52. The highest BCUT2D eigenvalue weighted by atomic mass is 15.1. The first-order chi connectivity index (χ1) is 22.3. The van der Waals surface area contributed by atoms with Crippen molar-refractivity contribution in [1.82, 2.24) is 0 Å². The average Bonchev–Trinajstić information content (AvgIpc) is 3.13. The average molecular weight is 574 g/mol. The summed E-state index contributed by atoms with van der Waals surface area (Å²) in [6.07, 6.45) is 0. The molecule has 0 heterocycles. The van der Waals surface area contributed by atoms with E-state index >= 15 is 0 Å². The smallest absolute Gasteiger partial charge is 0.0467 e. The second-order valence-corrected chi connectivity index (χ2v) is 11.4. The molecule has 0 bridgehead atoms. The number of hydrogen-bond donors (Lipinski definition) is 0. The molecule has 0 saturated heterocycles. The lowest BCUT2D eigenvalue weighted by Gasteiger charge is -2.26. The lowest BCUT2D eigenvalue weighted by molar-refractivity contribution is 1.28. The molecule has 0 fully saturated rings. The van der Waals surface area contributed by atoms with E-state index in [4.69, 9.17) is 0 Å². The van der Waals surface area contributed by atoms with Crippen LogP contribution in [0, 0.1) is 0 Å². The fraction of sp³-hybridized carbons (Fsp3) is 0. The Labute approximate surface area is 264 Å². The number of fused-ring (bicyclic) bond motifs is 3. The highest BCUT2D eigenvalue weighted by molar-refractivity contribution is 6.18. The van der Waals surface area contributed by atoms with Crippen LogP contribution in [0.1, 0.15) is 0 Å². The summed E-state index contributed by atoms with van der Waals surface area (Å²) in [6, 6.07) is 67.6. The lowest BCUT2D eigenvalue weighted by Crippen LogP contribution is -2.09. The topological polar surface area (TPSA) is 3.24 Å². The first-order valence-corrected chi connectivity index (χ1v) is 15.4. The summed E-state index contributed by atoms with van der Waals surface area (Å²) in [5, 5.41) is 5.07. The van der Waals surface area contributed by atoms with Gasteiger partial charge in [-0.05, 0) is 97.4 Å². The van der Waals surface area contributed by atoms with Gasteiger partial charge in [-0.3, -0.25) is 0 Å². The first kappa shape index (κ1) is 26.7. The van der Waals surface area contributed by atoms with Gasteiger partial charge in [0.1, 0.15) is 0 Å². The molecule has 8 rings (SSSR count). The Hall–Kier alpha value is -5.92. The summed E-state index contributed by atoms with van der Waals surface area (Å²) < 4.78 is 0. The van der Waals surface area contributed by atoms with Crippen LogP contribution in [0.15, 0.2) is 188 Å². The molecule has 0 amide bonds. The van der Waals surface area contributed by atoms with E-state index in [1.54, 1.807) is 0 Å². The largest absolute Gasteiger partial charge is 0.310 e. The van der Waals surface area contributed by atoms with Crippen molar-refractivity contribution in [1.29, 1.82) is 0 Å². The van der Waals surface area contributed by atoms with Crippen LogP contribution in [0.2, 0.25) is 0 Å². The van der Waals surface area contributed by atoms with Crippen LogP contribution >= 0.6 is 0 Å². The molecular formula is C44H31N. The van der Waals surface area contributed by atoms with Gasteiger partial charge in [-0.15, -0.1) is 0 Å². The van der Waals surface area contributed by atoms with E-state index in [0.717, 1.165) is 17.1 Å². The summed E-state index contributed by atoms with van der Waals surface area (Å²) in [7, 11) is 0. The van der Waals surface area contributed by atoms with Crippen molar-refractivity contribution in [2.24, 2.45) is 0 Å². The maximum atomic E-state index is 2.35. The highest BCUT2D eigenvalue weighted by Gasteiger charge is 2.17. The van der Waals surface area contributed by atoms with Crippen molar-refractivity contribution >= 4 is 38.6 Å². The first-order valence-electron chi connectivity index (χ1n) is 15.4. The third-order valence-corrected chi connectivity index (χ3v) is 8.63. The van der Waals surface area contributed by atoms with Crippen molar-refractivity contribution in [3.05, 3.63) is 188 Å². The van der Waals surface area contributed by atoms with Crippen molar-refractivity contribution in [2.75, 3.05) is 4.90 Å². The standard InChI is InChI=1S/C44H31N/c1-4-14-32(15-5-1)33-26-28-38(29-27-33)45(37-20-8-3-9-21-37)39-22-12-19-35(30-39)41-24-13-25-42-40-23-11-10-18-36(40)31-43(44(41)42)34-16-6-2-7-17-34/h1-31H. The SMILES string of the molecule is c1ccc(-c2ccc(N(c3ccccc3)c3cccc(-c4cccc5c4c(-c4ccccc4)cc4ccccc45)c3)cc2)cc1. The molecule has 1 nitrogen and oxygen atoms in total. The van der Waals surface area contributed by atoms with E-state index in [1.165, 1.54) is 54.9 Å². The Morgan fingerprint density at radius 2 is 0.822 bits per heavy atom. The fourth-order valence-electron chi connectivity index (χ4n) is 6.52. The zero-order valence-corrected chi connectivity index (χ0v) is 24.8. The van der Waals surface area contributed by atoms with Crippen molar-refractivity contribution in [2.45, 2.75) is 0 Å². The van der Waals surface area contributed by atoms with Gasteiger partial charge in [0.15, 0.2) is 0 Å². The monoisotopic (exact) mass is 573 g/mol. The quantitative estimate of drug-likeness (QED) is 0.179. The van der Waals surface area contributed by atoms with Gasteiger partial charge in [0.2, 0.25) is 0 Å². The molecule has 45 heavy (non-hydrogen) atoms. The molecule has 8 aromatic rings. The molecule has 0 radical (unpaired) electrons. The van der Waals surface area contributed by atoms with E-state index in [9.17, 15) is 0 Å². The van der Waals surface area contributed by atoms with E-state index in [2.05, 4.69) is 193 Å². The highest BCUT2D eigenvalue weighted by Crippen LogP contribution is 2.43. The van der Waals surface area contributed by atoms with Crippen LogP contribution < -0.4 is 4.90 Å². The third-order valence-electron chi connectivity index (χ3n) is 8.63. The van der Waals surface area contributed by atoms with Gasteiger partial charge in [-0.1, -0.05) is 146 Å². The Morgan fingerprint density at radius 1 is 0.289 bits per heavy atom. The molecule has 0 aliphatic rings. The molecule has 0 aromatic heterocycles. The van der Waals surface area contributed by atoms with Gasteiger partial charge in [0, 0.05) is 17.1 Å². The van der Waals surface area contributed by atoms with Crippen LogP contribution in [-0.4, -0.2) is 0 Å². The van der Waals surface area contributed by atoms with Gasteiger partial charge < -0.3 is 4.90 Å². The molecule has 0 N–H and O–H groups in total. The molecule has 0 atom stereocenters. The van der Waals surface area contributed by atoms with Gasteiger partial charge in [0.05, 0.1) is 0 Å². The van der Waals surface area contributed by atoms with Crippen molar-refractivity contribution in [3.8, 4) is 33.4 Å². The maximum Gasteiger partial charge on any atom is 0.0467 e. The van der Waals surface area contributed by atoms with E-state index < -0.39 is 0 Å². The third kappa shape index (κ3) is 5.05. The lowest BCUT2D eigenvalue weighted by atomic mass is 9.88. The Kier molecular flexibility index (Phi) is 6.90. The van der Waals surface area contributed by atoms with E-state index in [-0.39, 0.29) is 0 Å². The van der Waals surface area contributed by atoms with E-state index in [0.29, 0.717) is 0 Å². The predicted octanol–water partition coefficient (Wildman–Crippen LogP) is 12.5. The molecule has 0 aliphatic carbocycles. The molecule has 0 saturated carbocycles. The minimum Gasteiger partial charge on any atom is -0.310 e. The number of nitrogens with zero attached hydrogens (tertiary/aromatic N) is 1. The summed E-state index contributed by atoms with van der Waals surface area (Å²) in [6.45, 7) is 0. The number of rotatable bonds is 6. The summed E-state index contributed by atoms with van der Waals surface area (Å²) in [5.74, 6) is 0. The molecule has 1 heteroatoms. The van der Waals surface area contributed by atoms with Gasteiger partial charge in [-0.25, -0.2) is 0 Å². The number of para-hydroxylation sites is 1. The number of anilines is 3. The van der Waals surface area contributed by atoms with Crippen LogP contribution in [0.25, 0.3) is 54.9 Å². The summed E-state index contributed by atoms with van der Waals surface area (Å²) in [5.41, 5.74) is 10.7. The van der Waals surface area contributed by atoms with Gasteiger partial charge in [0.25, 0.3) is 0 Å². The van der Waals surface area contributed by atoms with Crippen molar-refractivity contribution in [3.63, 3.8) is 0 Å². The Balaban J connectivity index is 1.31. The minimum absolute atomic E-state index is 1.12. The van der Waals surface area contributed by atoms with Crippen LogP contribution in [0.5, 0.6) is 0 Å². The number of hydrogen-bond acceptors (Lipinski definition) is 1. The van der Waals surface area contributed by atoms with Crippen molar-refractivity contribution < 1.29 is 0 Å². The zero-order valence-electron chi connectivity index (χ0n) is 24.8. The zero-order chi connectivity index (χ0) is 30.0. The number of benzene rings is 8. The predicted molar refractivity (Wildman–Crippen MR) is 192 cm³/mol.